The molecule has 4 atom stereocenters. The highest BCUT2D eigenvalue weighted by molar-refractivity contribution is 6.47. The van der Waals surface area contributed by atoms with Crippen LogP contribution in [0.5, 0.6) is 0 Å². The molecular formula is C26H22O2. The van der Waals surface area contributed by atoms with Crippen LogP contribution >= 0.6 is 0 Å². The van der Waals surface area contributed by atoms with Gasteiger partial charge in [-0.2, -0.15) is 0 Å². The first kappa shape index (κ1) is 16.2. The Morgan fingerprint density at radius 1 is 0.536 bits per heavy atom. The van der Waals surface area contributed by atoms with Crippen molar-refractivity contribution in [1.82, 2.24) is 0 Å². The molecule has 1 fully saturated rings. The van der Waals surface area contributed by atoms with Gasteiger partial charge in [0.1, 0.15) is 0 Å². The highest BCUT2D eigenvalue weighted by Crippen LogP contribution is 2.83. The molecule has 2 aromatic rings. The number of carbonyl (C=O) groups is 2. The summed E-state index contributed by atoms with van der Waals surface area (Å²) < 4.78 is 0. The first-order chi connectivity index (χ1) is 13.2. The lowest BCUT2D eigenvalue weighted by Gasteiger charge is -2.48. The van der Waals surface area contributed by atoms with Crippen LogP contribution in [0.25, 0.3) is 0 Å². The number of fused-ring (bicyclic) bond motifs is 9. The average Bonchev–Trinajstić information content (AvgIpc) is 3.05. The summed E-state index contributed by atoms with van der Waals surface area (Å²) in [5, 5.41) is 0. The lowest BCUT2D eigenvalue weighted by molar-refractivity contribution is -0.131. The van der Waals surface area contributed by atoms with Crippen molar-refractivity contribution in [2.75, 3.05) is 0 Å². The van der Waals surface area contributed by atoms with E-state index in [0.717, 1.165) is 11.1 Å². The second-order valence-corrected chi connectivity index (χ2v) is 9.44. The third kappa shape index (κ3) is 1.19. The van der Waals surface area contributed by atoms with Crippen LogP contribution in [-0.4, -0.2) is 11.6 Å². The molecule has 0 aromatic heterocycles. The van der Waals surface area contributed by atoms with Crippen molar-refractivity contribution in [2.24, 2.45) is 5.41 Å². The van der Waals surface area contributed by atoms with E-state index in [4.69, 9.17) is 0 Å². The van der Waals surface area contributed by atoms with Crippen molar-refractivity contribution in [1.29, 1.82) is 0 Å². The van der Waals surface area contributed by atoms with Crippen LogP contribution in [0.3, 0.4) is 0 Å². The van der Waals surface area contributed by atoms with Crippen molar-refractivity contribution in [2.45, 2.75) is 43.9 Å². The van der Waals surface area contributed by atoms with Gasteiger partial charge in [0.25, 0.3) is 0 Å². The molecule has 0 heterocycles. The molecule has 6 rings (SSSR count). The van der Waals surface area contributed by atoms with E-state index >= 15 is 0 Å². The molecule has 2 heteroatoms. The van der Waals surface area contributed by atoms with Gasteiger partial charge < -0.3 is 0 Å². The summed E-state index contributed by atoms with van der Waals surface area (Å²) in [7, 11) is 0. The van der Waals surface area contributed by atoms with Crippen LogP contribution in [0, 0.1) is 5.41 Å². The van der Waals surface area contributed by atoms with E-state index < -0.39 is 11.6 Å². The number of benzene rings is 2. The summed E-state index contributed by atoms with van der Waals surface area (Å²) in [5.41, 5.74) is 6.25. The molecule has 28 heavy (non-hydrogen) atoms. The molecule has 2 unspecified atom stereocenters. The van der Waals surface area contributed by atoms with Gasteiger partial charge in [-0.1, -0.05) is 76.2 Å². The van der Waals surface area contributed by atoms with E-state index in [-0.39, 0.29) is 21.7 Å². The van der Waals surface area contributed by atoms with Crippen molar-refractivity contribution < 1.29 is 9.59 Å². The predicted octanol–water partition coefficient (Wildman–Crippen LogP) is 4.56. The molecule has 1 saturated carbocycles. The molecule has 0 N–H and O–H groups in total. The summed E-state index contributed by atoms with van der Waals surface area (Å²) in [6, 6.07) is 17.4. The monoisotopic (exact) mass is 366 g/mol. The smallest absolute Gasteiger partial charge is 0.226 e. The van der Waals surface area contributed by atoms with Gasteiger partial charge in [-0.3, -0.25) is 9.59 Å². The molecule has 138 valence electrons. The molecule has 4 aliphatic carbocycles. The zero-order chi connectivity index (χ0) is 19.7. The number of carbonyl (C=O) groups excluding carboxylic acids is 2. The van der Waals surface area contributed by atoms with E-state index in [1.807, 2.05) is 0 Å². The minimum absolute atomic E-state index is 0.200. The Bertz CT molecular complexity index is 1120. The van der Waals surface area contributed by atoms with Crippen molar-refractivity contribution in [3.05, 3.63) is 94.1 Å². The normalized spacial score (nSPS) is 39.1. The molecule has 2 aromatic carbocycles. The molecule has 0 saturated heterocycles. The molecular weight excluding hydrogens is 344 g/mol. The number of allylic oxidation sites excluding steroid dienone is 4. The number of hydrogen-bond donors (Lipinski definition) is 0. The van der Waals surface area contributed by atoms with E-state index in [0.29, 0.717) is 0 Å². The van der Waals surface area contributed by atoms with E-state index in [2.05, 4.69) is 76.2 Å². The molecule has 0 radical (unpaired) electrons. The van der Waals surface area contributed by atoms with Gasteiger partial charge in [0.2, 0.25) is 11.6 Å². The summed E-state index contributed by atoms with van der Waals surface area (Å²) in [6.07, 6.45) is 3.27. The lowest BCUT2D eigenvalue weighted by atomic mass is 9.52. The summed E-state index contributed by atoms with van der Waals surface area (Å²) in [6.45, 7) is 9.32. The van der Waals surface area contributed by atoms with Gasteiger partial charge in [-0.15, -0.1) is 0 Å². The van der Waals surface area contributed by atoms with Gasteiger partial charge in [-0.25, -0.2) is 0 Å². The van der Waals surface area contributed by atoms with E-state index in [1.54, 1.807) is 12.2 Å². The summed E-state index contributed by atoms with van der Waals surface area (Å²) in [4.78, 5) is 24.9. The molecule has 0 amide bonds. The van der Waals surface area contributed by atoms with Gasteiger partial charge in [-0.05, 0) is 45.6 Å². The molecule has 0 aliphatic heterocycles. The zero-order valence-electron chi connectivity index (χ0n) is 16.6. The van der Waals surface area contributed by atoms with Crippen molar-refractivity contribution in [3.63, 3.8) is 0 Å². The van der Waals surface area contributed by atoms with Crippen LogP contribution in [0.15, 0.2) is 71.8 Å². The molecule has 0 spiro atoms. The Balaban J connectivity index is 1.89. The van der Waals surface area contributed by atoms with Crippen LogP contribution in [0.1, 0.15) is 49.9 Å². The average molecular weight is 366 g/mol. The first-order valence-corrected chi connectivity index (χ1v) is 9.97. The fraction of sp³-hybridized carbons (Fsp3) is 0.308. The largest absolute Gasteiger partial charge is 0.286 e. The quantitative estimate of drug-likeness (QED) is 0.506. The first-order valence-electron chi connectivity index (χ1n) is 9.97. The zero-order valence-corrected chi connectivity index (χ0v) is 16.6. The van der Waals surface area contributed by atoms with Crippen LogP contribution in [0.4, 0.5) is 0 Å². The molecule has 2 nitrogen and oxygen atoms in total. The summed E-state index contributed by atoms with van der Waals surface area (Å²) >= 11 is 0. The minimum Gasteiger partial charge on any atom is -0.286 e. The maximum Gasteiger partial charge on any atom is 0.226 e. The molecule has 4 aliphatic rings. The Hall–Kier alpha value is -2.74. The van der Waals surface area contributed by atoms with Gasteiger partial charge in [0.15, 0.2) is 0 Å². The maximum absolute atomic E-state index is 12.4. The van der Waals surface area contributed by atoms with Gasteiger partial charge in [0.05, 0.1) is 0 Å². The highest BCUT2D eigenvalue weighted by Gasteiger charge is 2.81. The SMILES string of the molecule is CC12c3ccccc3[C@]3(C)C4=CC(=O)C(=O)C=C4[C@](C)(c4ccccc41)C23C. The molecule has 0 bridgehead atoms. The van der Waals surface area contributed by atoms with E-state index in [9.17, 15) is 9.59 Å². The third-order valence-corrected chi connectivity index (χ3v) is 9.17. The summed E-state index contributed by atoms with van der Waals surface area (Å²) in [5.74, 6) is -0.793. The van der Waals surface area contributed by atoms with Crippen LogP contribution in [-0.2, 0) is 25.8 Å². The Kier molecular flexibility index (Phi) is 2.49. The van der Waals surface area contributed by atoms with Gasteiger partial charge in [0, 0.05) is 21.7 Å². The third-order valence-electron chi connectivity index (χ3n) is 9.17. The standard InChI is InChI=1S/C26H22O2/c1-23-15-9-5-7-11-17(15)24(2)19-13-21(27)22(28)14-20(19)25(3,26(23,24)4)18-12-8-6-10-16(18)23/h5-14H,1-4H3/t23?,24-,25+,26?. The van der Waals surface area contributed by atoms with Gasteiger partial charge >= 0.3 is 0 Å². The van der Waals surface area contributed by atoms with E-state index in [1.165, 1.54) is 22.3 Å². The van der Waals surface area contributed by atoms with Crippen molar-refractivity contribution >= 4 is 11.6 Å². The minimum atomic E-state index is -0.397. The topological polar surface area (TPSA) is 34.1 Å². The van der Waals surface area contributed by atoms with Crippen LogP contribution in [0.2, 0.25) is 0 Å². The fourth-order valence-electron chi connectivity index (χ4n) is 7.65. The Morgan fingerprint density at radius 2 is 0.857 bits per heavy atom. The van der Waals surface area contributed by atoms with Crippen molar-refractivity contribution in [3.8, 4) is 0 Å². The Labute approximate surface area is 165 Å². The lowest BCUT2D eigenvalue weighted by Crippen LogP contribution is -2.50. The second kappa shape index (κ2) is 4.30. The number of hydrogen-bond acceptors (Lipinski definition) is 2. The fourth-order valence-corrected chi connectivity index (χ4v) is 7.65. The number of ketones is 2. The number of rotatable bonds is 0. The highest BCUT2D eigenvalue weighted by atomic mass is 16.2. The van der Waals surface area contributed by atoms with Crippen LogP contribution < -0.4 is 0 Å². The predicted molar refractivity (Wildman–Crippen MR) is 108 cm³/mol. The maximum atomic E-state index is 12.4. The second-order valence-electron chi connectivity index (χ2n) is 9.44. The Morgan fingerprint density at radius 3 is 1.21 bits per heavy atom.